The summed E-state index contributed by atoms with van der Waals surface area (Å²) in [6.07, 6.45) is 0. The van der Waals surface area contributed by atoms with Crippen LogP contribution in [0.5, 0.6) is 0 Å². The average Bonchev–Trinajstić information content (AvgIpc) is 3.33. The van der Waals surface area contributed by atoms with Crippen molar-refractivity contribution in [1.29, 1.82) is 5.26 Å². The summed E-state index contributed by atoms with van der Waals surface area (Å²) in [5.74, 6) is -1.04. The number of thiophene rings is 1. The molecule has 1 fully saturated rings. The number of nitrogens with zero attached hydrogens (tertiary/aromatic N) is 2. The van der Waals surface area contributed by atoms with Gasteiger partial charge in [0.25, 0.3) is 5.91 Å². The Bertz CT molecular complexity index is 1180. The number of halogens is 2. The monoisotopic (exact) mass is 425 g/mol. The van der Waals surface area contributed by atoms with Gasteiger partial charge in [0.05, 0.1) is 23.2 Å². The van der Waals surface area contributed by atoms with Crippen LogP contribution in [0.4, 0.5) is 4.39 Å². The summed E-state index contributed by atoms with van der Waals surface area (Å²) < 4.78 is 14.1. The van der Waals surface area contributed by atoms with Crippen molar-refractivity contribution in [1.82, 2.24) is 10.2 Å². The van der Waals surface area contributed by atoms with Crippen LogP contribution >= 0.6 is 22.9 Å². The van der Waals surface area contributed by atoms with Gasteiger partial charge in [0.15, 0.2) is 0 Å². The molecule has 2 aromatic carbocycles. The molecule has 29 heavy (non-hydrogen) atoms. The quantitative estimate of drug-likeness (QED) is 0.680. The first-order valence-electron chi connectivity index (χ1n) is 8.61. The maximum Gasteiger partial charge on any atom is 0.265 e. The Morgan fingerprint density at radius 3 is 2.72 bits per heavy atom. The molecule has 5 nitrogen and oxygen atoms in total. The van der Waals surface area contributed by atoms with Gasteiger partial charge in [-0.1, -0.05) is 23.7 Å². The molecule has 1 aliphatic heterocycles. The van der Waals surface area contributed by atoms with Gasteiger partial charge in [-0.15, -0.1) is 11.3 Å². The maximum absolute atomic E-state index is 14.1. The zero-order valence-electron chi connectivity index (χ0n) is 14.9. The van der Waals surface area contributed by atoms with Gasteiger partial charge in [0.2, 0.25) is 5.91 Å². The molecular weight excluding hydrogens is 413 g/mol. The number of hydrogen-bond acceptors (Lipinski definition) is 4. The van der Waals surface area contributed by atoms with Crippen molar-refractivity contribution in [2.24, 2.45) is 0 Å². The molecule has 3 aromatic rings. The largest absolute Gasteiger partial charge is 0.337 e. The van der Waals surface area contributed by atoms with Crippen molar-refractivity contribution in [3.05, 3.63) is 69.8 Å². The Labute approximate surface area is 174 Å². The van der Waals surface area contributed by atoms with Crippen molar-refractivity contribution in [3.8, 4) is 27.6 Å². The van der Waals surface area contributed by atoms with E-state index < -0.39 is 5.82 Å². The van der Waals surface area contributed by atoms with E-state index in [2.05, 4.69) is 5.32 Å². The maximum atomic E-state index is 14.1. The third-order valence-electron chi connectivity index (χ3n) is 4.46. The number of benzene rings is 2. The van der Waals surface area contributed by atoms with E-state index in [9.17, 15) is 19.2 Å². The van der Waals surface area contributed by atoms with Crippen LogP contribution in [0, 0.1) is 17.1 Å². The average molecular weight is 426 g/mol. The lowest BCUT2D eigenvalue weighted by Gasteiger charge is -2.11. The first-order valence-corrected chi connectivity index (χ1v) is 9.81. The molecule has 1 aliphatic rings. The van der Waals surface area contributed by atoms with E-state index in [-0.39, 0.29) is 30.6 Å². The van der Waals surface area contributed by atoms with Crippen LogP contribution in [0.1, 0.15) is 15.2 Å². The molecule has 1 saturated heterocycles. The Morgan fingerprint density at radius 2 is 2.03 bits per heavy atom. The fourth-order valence-electron chi connectivity index (χ4n) is 3.13. The fraction of sp³-hybridized carbons (Fsp3) is 0.0952. The second-order valence-corrected chi connectivity index (χ2v) is 7.95. The van der Waals surface area contributed by atoms with Gasteiger partial charge < -0.3 is 10.2 Å². The number of hydrogen-bond donors (Lipinski definition) is 1. The lowest BCUT2D eigenvalue weighted by atomic mass is 10.0. The van der Waals surface area contributed by atoms with Gasteiger partial charge in [-0.05, 0) is 47.5 Å². The van der Waals surface area contributed by atoms with E-state index in [1.165, 1.54) is 22.3 Å². The van der Waals surface area contributed by atoms with Crippen LogP contribution in [0.3, 0.4) is 0 Å². The smallest absolute Gasteiger partial charge is 0.265 e. The number of nitrogens with one attached hydrogen (secondary N) is 1. The minimum Gasteiger partial charge on any atom is -0.337 e. The number of amides is 2. The predicted molar refractivity (Wildman–Crippen MR) is 109 cm³/mol. The molecule has 0 radical (unpaired) electrons. The molecule has 0 unspecified atom stereocenters. The fourth-order valence-corrected chi connectivity index (χ4v) is 4.46. The summed E-state index contributed by atoms with van der Waals surface area (Å²) in [6.45, 7) is 0.146. The molecule has 1 aromatic heterocycles. The van der Waals surface area contributed by atoms with E-state index in [1.54, 1.807) is 30.3 Å². The zero-order valence-corrected chi connectivity index (χ0v) is 16.5. The van der Waals surface area contributed by atoms with Crippen LogP contribution < -0.4 is 5.32 Å². The molecular formula is C21H13ClFN3O2S. The Balaban J connectivity index is 1.86. The van der Waals surface area contributed by atoms with Gasteiger partial charge in [0, 0.05) is 15.5 Å². The third kappa shape index (κ3) is 3.86. The molecule has 4 rings (SSSR count). The van der Waals surface area contributed by atoms with E-state index in [4.69, 9.17) is 11.6 Å². The molecule has 8 heteroatoms. The summed E-state index contributed by atoms with van der Waals surface area (Å²) in [5.41, 5.74) is 2.15. The van der Waals surface area contributed by atoms with Crippen molar-refractivity contribution in [3.63, 3.8) is 0 Å². The molecule has 0 spiro atoms. The lowest BCUT2D eigenvalue weighted by Crippen LogP contribution is -2.28. The zero-order chi connectivity index (χ0) is 20.5. The molecule has 2 amide bonds. The number of carbonyl (C=O) groups excluding carboxylic acids is 2. The number of carbonyl (C=O) groups is 2. The molecule has 0 aliphatic carbocycles. The van der Waals surface area contributed by atoms with Gasteiger partial charge in [-0.2, -0.15) is 5.26 Å². The third-order valence-corrected chi connectivity index (χ3v) is 5.86. The summed E-state index contributed by atoms with van der Waals surface area (Å²) in [7, 11) is 0. The van der Waals surface area contributed by atoms with Gasteiger partial charge in [0.1, 0.15) is 12.4 Å². The van der Waals surface area contributed by atoms with Crippen molar-refractivity contribution in [2.75, 3.05) is 13.2 Å². The highest BCUT2D eigenvalue weighted by molar-refractivity contribution is 7.18. The molecule has 144 valence electrons. The van der Waals surface area contributed by atoms with Crippen LogP contribution in [0.2, 0.25) is 5.02 Å². The summed E-state index contributed by atoms with van der Waals surface area (Å²) >= 11 is 7.32. The summed E-state index contributed by atoms with van der Waals surface area (Å²) in [4.78, 5) is 26.8. The van der Waals surface area contributed by atoms with E-state index >= 15 is 0 Å². The van der Waals surface area contributed by atoms with Crippen LogP contribution in [-0.2, 0) is 4.79 Å². The van der Waals surface area contributed by atoms with E-state index in [0.717, 1.165) is 11.6 Å². The molecule has 0 saturated carbocycles. The standard InChI is InChI=1S/C21H13ClFN3O2S/c22-15-3-1-2-13(6-15)17-8-18(21(28)26-10-19(27)25-11-26)29-20(17)14-4-12(9-24)5-16(23)7-14/h1-8H,10-11H2,(H,25,27). The van der Waals surface area contributed by atoms with Crippen LogP contribution in [0.25, 0.3) is 21.6 Å². The highest BCUT2D eigenvalue weighted by Gasteiger charge is 2.27. The van der Waals surface area contributed by atoms with Crippen molar-refractivity contribution < 1.29 is 14.0 Å². The van der Waals surface area contributed by atoms with Gasteiger partial charge in [-0.3, -0.25) is 9.59 Å². The van der Waals surface area contributed by atoms with Crippen molar-refractivity contribution >= 4 is 34.8 Å². The molecule has 0 atom stereocenters. The molecule has 2 heterocycles. The Kier molecular flexibility index (Phi) is 5.05. The number of nitriles is 1. The highest BCUT2D eigenvalue weighted by atomic mass is 35.5. The second-order valence-electron chi connectivity index (χ2n) is 6.47. The van der Waals surface area contributed by atoms with Crippen molar-refractivity contribution in [2.45, 2.75) is 0 Å². The van der Waals surface area contributed by atoms with E-state index in [0.29, 0.717) is 25.9 Å². The number of rotatable bonds is 3. The van der Waals surface area contributed by atoms with E-state index in [1.807, 2.05) is 12.1 Å². The second kappa shape index (κ2) is 7.66. The van der Waals surface area contributed by atoms with Gasteiger partial charge >= 0.3 is 0 Å². The van der Waals surface area contributed by atoms with Crippen LogP contribution in [0.15, 0.2) is 48.5 Å². The highest BCUT2D eigenvalue weighted by Crippen LogP contribution is 2.41. The molecule has 1 N–H and O–H groups in total. The first kappa shape index (κ1) is 19.1. The first-order chi connectivity index (χ1) is 13.9. The minimum atomic E-state index is -0.535. The van der Waals surface area contributed by atoms with Crippen LogP contribution in [-0.4, -0.2) is 29.9 Å². The Morgan fingerprint density at radius 1 is 1.21 bits per heavy atom. The summed E-state index contributed by atoms with van der Waals surface area (Å²) in [5, 5.41) is 12.3. The topological polar surface area (TPSA) is 73.2 Å². The predicted octanol–water partition coefficient (Wildman–Crippen LogP) is 4.28. The normalized spacial score (nSPS) is 13.3. The SMILES string of the molecule is N#Cc1cc(F)cc(-c2sc(C(=O)N3CNC(=O)C3)cc2-c2cccc(Cl)c2)c1. The summed E-state index contributed by atoms with van der Waals surface area (Å²) in [6, 6.07) is 14.9. The van der Waals surface area contributed by atoms with Gasteiger partial charge in [-0.25, -0.2) is 4.39 Å². The minimum absolute atomic E-state index is 0.00287. The lowest BCUT2D eigenvalue weighted by molar-refractivity contribution is -0.118. The Hall–Kier alpha value is -3.21. The molecule has 0 bridgehead atoms.